The number of hydrogen-bond donors (Lipinski definition) is 1. The van der Waals surface area contributed by atoms with Crippen LogP contribution in [0.1, 0.15) is 18.3 Å². The Morgan fingerprint density at radius 2 is 1.67 bits per heavy atom. The number of hydrogen-bond acceptors (Lipinski definition) is 6. The lowest BCUT2D eigenvalue weighted by Crippen LogP contribution is -2.15. The van der Waals surface area contributed by atoms with Crippen molar-refractivity contribution in [2.75, 3.05) is 17.7 Å². The number of aromatic nitrogens is 3. The normalized spacial score (nSPS) is 10.8. The minimum Gasteiger partial charge on any atom is -0.494 e. The maximum absolute atomic E-state index is 12.6. The van der Waals surface area contributed by atoms with Gasteiger partial charge in [-0.3, -0.25) is 9.36 Å². The van der Waals surface area contributed by atoms with Crippen molar-refractivity contribution in [1.82, 2.24) is 14.8 Å². The minimum absolute atomic E-state index is 0.104. The second-order valence-corrected chi connectivity index (χ2v) is 9.51. The van der Waals surface area contributed by atoms with Crippen LogP contribution in [0.15, 0.2) is 71.9 Å². The molecule has 0 aliphatic carbocycles. The van der Waals surface area contributed by atoms with Gasteiger partial charge in [0.25, 0.3) is 0 Å². The van der Waals surface area contributed by atoms with Gasteiger partial charge in [0.1, 0.15) is 18.1 Å². The molecule has 0 unspecified atom stereocenters. The second kappa shape index (κ2) is 12.2. The van der Waals surface area contributed by atoms with Crippen LogP contribution in [0.3, 0.4) is 0 Å². The van der Waals surface area contributed by atoms with Crippen LogP contribution in [0, 0.1) is 6.92 Å². The van der Waals surface area contributed by atoms with Crippen molar-refractivity contribution in [2.24, 2.45) is 0 Å². The highest BCUT2D eigenvalue weighted by molar-refractivity contribution is 7.99. The first-order valence-corrected chi connectivity index (χ1v) is 12.9. The van der Waals surface area contributed by atoms with Crippen LogP contribution in [0.25, 0.3) is 5.69 Å². The fourth-order valence-electron chi connectivity index (χ4n) is 3.29. The quantitative estimate of drug-likeness (QED) is 0.228. The van der Waals surface area contributed by atoms with Crippen molar-refractivity contribution in [2.45, 2.75) is 25.6 Å². The van der Waals surface area contributed by atoms with Crippen LogP contribution in [-0.2, 0) is 11.4 Å². The van der Waals surface area contributed by atoms with Crippen LogP contribution in [0.4, 0.5) is 5.69 Å². The lowest BCUT2D eigenvalue weighted by Gasteiger charge is -2.12. The molecule has 1 amide bonds. The van der Waals surface area contributed by atoms with Crippen molar-refractivity contribution in [3.63, 3.8) is 0 Å². The molecule has 0 bridgehead atoms. The van der Waals surface area contributed by atoms with Gasteiger partial charge in [-0.25, -0.2) is 0 Å². The molecular weight excluding hydrogens is 519 g/mol. The third-order valence-corrected chi connectivity index (χ3v) is 6.51. The van der Waals surface area contributed by atoms with E-state index in [2.05, 4.69) is 15.5 Å². The number of amides is 1. The van der Waals surface area contributed by atoms with E-state index in [1.54, 1.807) is 18.2 Å². The summed E-state index contributed by atoms with van der Waals surface area (Å²) < 4.78 is 13.4. The average molecular weight is 543 g/mol. The van der Waals surface area contributed by atoms with E-state index >= 15 is 0 Å². The van der Waals surface area contributed by atoms with Crippen LogP contribution in [0.5, 0.6) is 11.5 Å². The summed E-state index contributed by atoms with van der Waals surface area (Å²) >= 11 is 13.4. The number of halogens is 2. The minimum atomic E-state index is -0.233. The number of benzene rings is 3. The van der Waals surface area contributed by atoms with E-state index in [9.17, 15) is 4.79 Å². The van der Waals surface area contributed by atoms with E-state index in [-0.39, 0.29) is 18.3 Å². The van der Waals surface area contributed by atoms with Gasteiger partial charge in [0.15, 0.2) is 11.0 Å². The highest BCUT2D eigenvalue weighted by Gasteiger charge is 2.17. The highest BCUT2D eigenvalue weighted by Crippen LogP contribution is 2.27. The summed E-state index contributed by atoms with van der Waals surface area (Å²) in [4.78, 5) is 12.6. The zero-order valence-electron chi connectivity index (χ0n) is 19.7. The van der Waals surface area contributed by atoms with Crippen LogP contribution in [0.2, 0.25) is 10.0 Å². The number of carbonyl (C=O) groups is 1. The van der Waals surface area contributed by atoms with E-state index in [0.717, 1.165) is 22.7 Å². The maximum Gasteiger partial charge on any atom is 0.234 e. The Labute approximate surface area is 223 Å². The summed E-state index contributed by atoms with van der Waals surface area (Å²) in [5.41, 5.74) is 2.47. The molecule has 186 valence electrons. The zero-order chi connectivity index (χ0) is 25.5. The number of nitrogens with zero attached hydrogens (tertiary/aromatic N) is 3. The largest absolute Gasteiger partial charge is 0.494 e. The van der Waals surface area contributed by atoms with Gasteiger partial charge >= 0.3 is 0 Å². The summed E-state index contributed by atoms with van der Waals surface area (Å²) in [5, 5.41) is 12.9. The number of rotatable bonds is 10. The third-order valence-electron chi connectivity index (χ3n) is 5.03. The summed E-state index contributed by atoms with van der Waals surface area (Å²) in [6.07, 6.45) is 0. The van der Waals surface area contributed by atoms with Gasteiger partial charge in [0, 0.05) is 10.7 Å². The molecule has 0 fully saturated rings. The fraction of sp³-hybridized carbons (Fsp3) is 0.192. The highest BCUT2D eigenvalue weighted by atomic mass is 35.5. The SMILES string of the molecule is CCOc1ccc(-n2c(COc3ccc(C)cc3)nnc2SCC(=O)Nc2ccc(Cl)cc2Cl)cc1. The first-order chi connectivity index (χ1) is 17.4. The Morgan fingerprint density at radius 3 is 2.36 bits per heavy atom. The average Bonchev–Trinajstić information content (AvgIpc) is 3.27. The summed E-state index contributed by atoms with van der Waals surface area (Å²) in [6, 6.07) is 20.3. The smallest absolute Gasteiger partial charge is 0.234 e. The zero-order valence-corrected chi connectivity index (χ0v) is 22.0. The monoisotopic (exact) mass is 542 g/mol. The van der Waals surface area contributed by atoms with E-state index in [1.807, 2.05) is 66.9 Å². The molecule has 1 aromatic heterocycles. The molecule has 0 saturated carbocycles. The molecule has 0 aliphatic rings. The number of thioether (sulfide) groups is 1. The van der Waals surface area contributed by atoms with E-state index in [0.29, 0.717) is 33.3 Å². The van der Waals surface area contributed by atoms with Crippen molar-refractivity contribution in [3.8, 4) is 17.2 Å². The van der Waals surface area contributed by atoms with E-state index in [1.165, 1.54) is 11.8 Å². The summed E-state index contributed by atoms with van der Waals surface area (Å²) in [6.45, 7) is 4.74. The molecule has 1 N–H and O–H groups in total. The number of nitrogens with one attached hydrogen (secondary N) is 1. The number of anilines is 1. The Morgan fingerprint density at radius 1 is 0.972 bits per heavy atom. The van der Waals surface area contributed by atoms with E-state index in [4.69, 9.17) is 32.7 Å². The molecule has 36 heavy (non-hydrogen) atoms. The summed E-state index contributed by atoms with van der Waals surface area (Å²) in [7, 11) is 0. The fourth-order valence-corrected chi connectivity index (χ4v) is 4.52. The van der Waals surface area contributed by atoms with Gasteiger partial charge in [-0.15, -0.1) is 10.2 Å². The van der Waals surface area contributed by atoms with Crippen molar-refractivity contribution < 1.29 is 14.3 Å². The molecule has 0 aliphatic heterocycles. The van der Waals surface area contributed by atoms with E-state index < -0.39 is 0 Å². The number of aryl methyl sites for hydroxylation is 1. The van der Waals surface area contributed by atoms with Crippen LogP contribution in [-0.4, -0.2) is 33.0 Å². The molecule has 4 rings (SSSR count). The third kappa shape index (κ3) is 6.72. The van der Waals surface area contributed by atoms with Gasteiger partial charge in [-0.05, 0) is 68.4 Å². The van der Waals surface area contributed by atoms with Gasteiger partial charge in [0.2, 0.25) is 5.91 Å². The molecule has 0 radical (unpaired) electrons. The Bertz CT molecular complexity index is 1330. The molecular formula is C26H24Cl2N4O3S. The van der Waals surface area contributed by atoms with Crippen LogP contribution < -0.4 is 14.8 Å². The van der Waals surface area contributed by atoms with Gasteiger partial charge in [-0.2, -0.15) is 0 Å². The molecule has 1 heterocycles. The molecule has 3 aromatic carbocycles. The maximum atomic E-state index is 12.6. The predicted octanol–water partition coefficient (Wildman–Crippen LogP) is 6.59. The van der Waals surface area contributed by atoms with Crippen molar-refractivity contribution in [1.29, 1.82) is 0 Å². The number of carbonyl (C=O) groups excluding carboxylic acids is 1. The standard InChI is InChI=1S/C26H24Cl2N4O3S/c1-3-34-20-11-7-19(8-12-20)32-24(15-35-21-9-4-17(2)5-10-21)30-31-26(32)36-16-25(33)29-23-13-6-18(27)14-22(23)28/h4-14H,3,15-16H2,1-2H3,(H,29,33). The lowest BCUT2D eigenvalue weighted by atomic mass is 10.2. The Kier molecular flexibility index (Phi) is 8.74. The molecule has 0 spiro atoms. The molecule has 10 heteroatoms. The molecule has 0 atom stereocenters. The van der Waals surface area contributed by atoms with Crippen molar-refractivity contribution >= 4 is 46.6 Å². The Balaban J connectivity index is 1.52. The lowest BCUT2D eigenvalue weighted by molar-refractivity contribution is -0.113. The second-order valence-electron chi connectivity index (χ2n) is 7.72. The van der Waals surface area contributed by atoms with Gasteiger partial charge in [0.05, 0.1) is 23.1 Å². The summed E-state index contributed by atoms with van der Waals surface area (Å²) in [5.74, 6) is 1.97. The molecule has 0 saturated heterocycles. The molecule has 7 nitrogen and oxygen atoms in total. The topological polar surface area (TPSA) is 78.3 Å². The van der Waals surface area contributed by atoms with Gasteiger partial charge < -0.3 is 14.8 Å². The number of ether oxygens (including phenoxy) is 2. The molecule has 4 aromatic rings. The van der Waals surface area contributed by atoms with Crippen LogP contribution >= 0.6 is 35.0 Å². The first kappa shape index (κ1) is 25.9. The van der Waals surface area contributed by atoms with Crippen molar-refractivity contribution in [3.05, 3.63) is 88.2 Å². The van der Waals surface area contributed by atoms with Gasteiger partial charge in [-0.1, -0.05) is 52.7 Å². The predicted molar refractivity (Wildman–Crippen MR) is 144 cm³/mol. The Hall–Kier alpha value is -3.20. The first-order valence-electron chi connectivity index (χ1n) is 11.2.